The lowest BCUT2D eigenvalue weighted by Gasteiger charge is -2.38. The first-order chi connectivity index (χ1) is 7.66. The molecule has 4 nitrogen and oxygen atoms in total. The van der Waals surface area contributed by atoms with Gasteiger partial charge in [-0.3, -0.25) is 0 Å². The largest absolute Gasteiger partial charge is 0.335 e. The molecule has 0 spiro atoms. The van der Waals surface area contributed by atoms with Crippen LogP contribution in [0.5, 0.6) is 0 Å². The number of urea groups is 1. The van der Waals surface area contributed by atoms with E-state index in [4.69, 9.17) is 0 Å². The van der Waals surface area contributed by atoms with E-state index in [9.17, 15) is 4.79 Å². The molecule has 2 amide bonds. The van der Waals surface area contributed by atoms with Crippen molar-refractivity contribution in [2.75, 3.05) is 26.7 Å². The van der Waals surface area contributed by atoms with E-state index in [0.717, 1.165) is 32.5 Å². The third-order valence-corrected chi connectivity index (χ3v) is 3.77. The maximum atomic E-state index is 12.1. The summed E-state index contributed by atoms with van der Waals surface area (Å²) in [5, 5.41) is 3.16. The average Bonchev–Trinajstić information content (AvgIpc) is 2.70. The molecule has 1 unspecified atom stereocenters. The second kappa shape index (κ2) is 5.04. The van der Waals surface area contributed by atoms with E-state index >= 15 is 0 Å². The van der Waals surface area contributed by atoms with E-state index in [0.29, 0.717) is 12.1 Å². The van der Waals surface area contributed by atoms with Crippen molar-refractivity contribution in [2.24, 2.45) is 0 Å². The molecular weight excluding hydrogens is 202 g/mol. The number of nitrogens with one attached hydrogen (secondary N) is 1. The number of amides is 2. The Morgan fingerprint density at radius 1 is 1.25 bits per heavy atom. The summed E-state index contributed by atoms with van der Waals surface area (Å²) in [4.78, 5) is 16.3. The number of nitrogens with zero attached hydrogens (tertiary/aromatic N) is 2. The van der Waals surface area contributed by atoms with E-state index in [1.165, 1.54) is 12.8 Å². The summed E-state index contributed by atoms with van der Waals surface area (Å²) in [5.74, 6) is 0. The van der Waals surface area contributed by atoms with Crippen molar-refractivity contribution in [1.82, 2.24) is 15.1 Å². The Kier molecular flexibility index (Phi) is 3.69. The molecule has 2 fully saturated rings. The predicted molar refractivity (Wildman–Crippen MR) is 64.5 cm³/mol. The summed E-state index contributed by atoms with van der Waals surface area (Å²) in [6.07, 6.45) is 4.86. The minimum absolute atomic E-state index is 0.146. The summed E-state index contributed by atoms with van der Waals surface area (Å²) >= 11 is 0. The van der Waals surface area contributed by atoms with E-state index in [2.05, 4.69) is 24.2 Å². The second-order valence-corrected chi connectivity index (χ2v) is 5.24. The summed E-state index contributed by atoms with van der Waals surface area (Å²) in [7, 11) is 2.11. The van der Waals surface area contributed by atoms with Gasteiger partial charge in [-0.25, -0.2) is 4.79 Å². The number of likely N-dealkylation sites (N-methyl/N-ethyl adjacent to an activating group) is 1. The quantitative estimate of drug-likeness (QED) is 0.729. The molecular formula is C12H23N3O. The topological polar surface area (TPSA) is 35.6 Å². The van der Waals surface area contributed by atoms with E-state index in [-0.39, 0.29) is 6.03 Å². The molecule has 92 valence electrons. The highest BCUT2D eigenvalue weighted by atomic mass is 16.2. The second-order valence-electron chi connectivity index (χ2n) is 5.24. The molecule has 1 N–H and O–H groups in total. The van der Waals surface area contributed by atoms with Crippen LogP contribution in [0.1, 0.15) is 32.6 Å². The number of carbonyl (C=O) groups excluding carboxylic acids is 1. The normalized spacial score (nSPS) is 28.4. The van der Waals surface area contributed by atoms with Gasteiger partial charge in [0.05, 0.1) is 0 Å². The van der Waals surface area contributed by atoms with Gasteiger partial charge in [-0.2, -0.15) is 0 Å². The van der Waals surface area contributed by atoms with Crippen molar-refractivity contribution in [2.45, 2.75) is 44.7 Å². The fourth-order valence-corrected chi connectivity index (χ4v) is 2.77. The van der Waals surface area contributed by atoms with Crippen molar-refractivity contribution >= 4 is 6.03 Å². The van der Waals surface area contributed by atoms with Crippen LogP contribution in [0.2, 0.25) is 0 Å². The van der Waals surface area contributed by atoms with E-state index < -0.39 is 0 Å². The molecule has 0 aromatic heterocycles. The van der Waals surface area contributed by atoms with Crippen LogP contribution >= 0.6 is 0 Å². The monoisotopic (exact) mass is 225 g/mol. The molecule has 4 heteroatoms. The highest BCUT2D eigenvalue weighted by molar-refractivity contribution is 5.75. The van der Waals surface area contributed by atoms with Gasteiger partial charge >= 0.3 is 6.03 Å². The lowest BCUT2D eigenvalue weighted by atomic mass is 10.2. The smallest absolute Gasteiger partial charge is 0.317 e. The Labute approximate surface area is 98.0 Å². The minimum Gasteiger partial charge on any atom is -0.335 e. The van der Waals surface area contributed by atoms with Crippen LogP contribution in [0, 0.1) is 0 Å². The maximum absolute atomic E-state index is 12.1. The summed E-state index contributed by atoms with van der Waals surface area (Å²) < 4.78 is 0. The Hall–Kier alpha value is -0.770. The van der Waals surface area contributed by atoms with Gasteiger partial charge in [0.25, 0.3) is 0 Å². The zero-order valence-corrected chi connectivity index (χ0v) is 10.4. The lowest BCUT2D eigenvalue weighted by Crippen LogP contribution is -2.56. The third kappa shape index (κ3) is 2.67. The van der Waals surface area contributed by atoms with E-state index in [1.807, 2.05) is 4.90 Å². The first-order valence-corrected chi connectivity index (χ1v) is 6.42. The number of rotatable bonds is 1. The number of piperazine rings is 1. The van der Waals surface area contributed by atoms with Crippen molar-refractivity contribution in [1.29, 1.82) is 0 Å². The van der Waals surface area contributed by atoms with Crippen LogP contribution in [-0.4, -0.2) is 54.6 Å². The van der Waals surface area contributed by atoms with Crippen LogP contribution in [0.25, 0.3) is 0 Å². The van der Waals surface area contributed by atoms with Crippen LogP contribution in [0.15, 0.2) is 0 Å². The Morgan fingerprint density at radius 3 is 2.56 bits per heavy atom. The standard InChI is InChI=1S/C12H23N3O/c1-10-9-14(2)7-8-15(10)12(16)13-11-5-3-4-6-11/h10-11H,3-9H2,1-2H3,(H,13,16). The molecule has 1 saturated carbocycles. The lowest BCUT2D eigenvalue weighted by molar-refractivity contribution is 0.115. The van der Waals surface area contributed by atoms with Gasteiger partial charge in [-0.1, -0.05) is 12.8 Å². The van der Waals surface area contributed by atoms with Crippen molar-refractivity contribution < 1.29 is 4.79 Å². The average molecular weight is 225 g/mol. The van der Waals surface area contributed by atoms with Gasteiger partial charge in [0.1, 0.15) is 0 Å². The maximum Gasteiger partial charge on any atom is 0.317 e. The van der Waals surface area contributed by atoms with Crippen molar-refractivity contribution in [3.8, 4) is 0 Å². The first kappa shape index (κ1) is 11.7. The molecule has 0 aromatic rings. The highest BCUT2D eigenvalue weighted by Gasteiger charge is 2.27. The Bertz CT molecular complexity index is 251. The minimum atomic E-state index is 0.146. The number of hydrogen-bond acceptors (Lipinski definition) is 2. The molecule has 1 atom stereocenters. The third-order valence-electron chi connectivity index (χ3n) is 3.77. The molecule has 1 saturated heterocycles. The van der Waals surface area contributed by atoms with Gasteiger partial charge in [0.2, 0.25) is 0 Å². The first-order valence-electron chi connectivity index (χ1n) is 6.42. The molecule has 1 aliphatic carbocycles. The summed E-state index contributed by atoms with van der Waals surface area (Å²) in [6.45, 7) is 4.96. The number of hydrogen-bond donors (Lipinski definition) is 1. The molecule has 1 heterocycles. The van der Waals surface area contributed by atoms with Gasteiger partial charge in [0.15, 0.2) is 0 Å². The van der Waals surface area contributed by atoms with Crippen molar-refractivity contribution in [3.05, 3.63) is 0 Å². The zero-order valence-electron chi connectivity index (χ0n) is 10.4. The molecule has 16 heavy (non-hydrogen) atoms. The van der Waals surface area contributed by atoms with Crippen LogP contribution in [0.3, 0.4) is 0 Å². The highest BCUT2D eigenvalue weighted by Crippen LogP contribution is 2.18. The Balaban J connectivity index is 1.83. The molecule has 0 radical (unpaired) electrons. The molecule has 1 aliphatic heterocycles. The predicted octanol–water partition coefficient (Wildman–Crippen LogP) is 1.27. The summed E-state index contributed by atoms with van der Waals surface area (Å²) in [5.41, 5.74) is 0. The fraction of sp³-hybridized carbons (Fsp3) is 0.917. The molecule has 2 aliphatic rings. The zero-order chi connectivity index (χ0) is 11.5. The van der Waals surface area contributed by atoms with Crippen LogP contribution in [-0.2, 0) is 0 Å². The molecule has 2 rings (SSSR count). The fourth-order valence-electron chi connectivity index (χ4n) is 2.77. The van der Waals surface area contributed by atoms with Gasteiger partial charge in [-0.15, -0.1) is 0 Å². The van der Waals surface area contributed by atoms with Gasteiger partial charge < -0.3 is 15.1 Å². The van der Waals surface area contributed by atoms with Gasteiger partial charge in [0, 0.05) is 31.7 Å². The number of carbonyl (C=O) groups is 1. The van der Waals surface area contributed by atoms with Crippen molar-refractivity contribution in [3.63, 3.8) is 0 Å². The van der Waals surface area contributed by atoms with Crippen LogP contribution in [0.4, 0.5) is 4.79 Å². The molecule has 0 bridgehead atoms. The summed E-state index contributed by atoms with van der Waals surface area (Å²) in [6, 6.07) is 0.909. The van der Waals surface area contributed by atoms with Crippen LogP contribution < -0.4 is 5.32 Å². The Morgan fingerprint density at radius 2 is 1.94 bits per heavy atom. The SMILES string of the molecule is CC1CN(C)CCN1C(=O)NC1CCCC1. The van der Waals surface area contributed by atoms with Gasteiger partial charge in [-0.05, 0) is 26.8 Å². The van der Waals surface area contributed by atoms with E-state index in [1.54, 1.807) is 0 Å². The molecule has 0 aromatic carbocycles.